The lowest BCUT2D eigenvalue weighted by molar-refractivity contribution is -0.134. The molecule has 4 rings (SSSR count). The van der Waals surface area contributed by atoms with Crippen molar-refractivity contribution < 1.29 is 9.15 Å². The van der Waals surface area contributed by atoms with Crippen LogP contribution in [0.2, 0.25) is 0 Å². The van der Waals surface area contributed by atoms with Gasteiger partial charge in [-0.2, -0.15) is 0 Å². The van der Waals surface area contributed by atoms with Crippen molar-refractivity contribution in [1.29, 1.82) is 0 Å². The molecule has 1 spiro atoms. The molecule has 1 saturated heterocycles. The zero-order valence-corrected chi connectivity index (χ0v) is 15.1. The fraction of sp³-hybridized carbons (Fsp3) is 0.750. The second-order valence-corrected chi connectivity index (χ2v) is 7.90. The van der Waals surface area contributed by atoms with E-state index in [0.29, 0.717) is 12.1 Å². The van der Waals surface area contributed by atoms with Crippen molar-refractivity contribution in [3.05, 3.63) is 24.2 Å². The van der Waals surface area contributed by atoms with Crippen LogP contribution in [-0.4, -0.2) is 36.8 Å². The van der Waals surface area contributed by atoms with Crippen molar-refractivity contribution in [2.24, 2.45) is 4.99 Å². The van der Waals surface area contributed by atoms with E-state index in [9.17, 15) is 0 Å². The monoisotopic (exact) mass is 345 g/mol. The van der Waals surface area contributed by atoms with Gasteiger partial charge in [-0.15, -0.1) is 0 Å². The third kappa shape index (κ3) is 4.38. The van der Waals surface area contributed by atoms with Crippen LogP contribution in [0.5, 0.6) is 0 Å². The number of furan rings is 1. The minimum Gasteiger partial charge on any atom is -0.469 e. The molecule has 0 radical (unpaired) electrons. The van der Waals surface area contributed by atoms with E-state index in [2.05, 4.69) is 10.6 Å². The van der Waals surface area contributed by atoms with Gasteiger partial charge in [0.1, 0.15) is 5.76 Å². The lowest BCUT2D eigenvalue weighted by Gasteiger charge is -2.47. The number of ether oxygens (including phenoxy) is 1. The third-order valence-electron chi connectivity index (χ3n) is 6.00. The first-order valence-corrected chi connectivity index (χ1v) is 10.1. The van der Waals surface area contributed by atoms with E-state index in [4.69, 9.17) is 14.1 Å². The molecule has 0 amide bonds. The summed E-state index contributed by atoms with van der Waals surface area (Å²) >= 11 is 0. The molecule has 1 aliphatic heterocycles. The maximum Gasteiger partial charge on any atom is 0.191 e. The molecule has 2 heterocycles. The van der Waals surface area contributed by atoms with Gasteiger partial charge < -0.3 is 19.8 Å². The van der Waals surface area contributed by atoms with Gasteiger partial charge in [0.25, 0.3) is 0 Å². The summed E-state index contributed by atoms with van der Waals surface area (Å²) in [7, 11) is 0. The van der Waals surface area contributed by atoms with E-state index in [1.165, 1.54) is 44.9 Å². The molecule has 2 saturated carbocycles. The van der Waals surface area contributed by atoms with Gasteiger partial charge in [0, 0.05) is 31.7 Å². The average Bonchev–Trinajstić information content (AvgIpc) is 3.27. The first-order chi connectivity index (χ1) is 12.3. The van der Waals surface area contributed by atoms with E-state index < -0.39 is 0 Å². The molecule has 1 aromatic rings. The van der Waals surface area contributed by atoms with Crippen molar-refractivity contribution >= 4 is 5.96 Å². The molecule has 3 aliphatic rings. The highest BCUT2D eigenvalue weighted by Gasteiger charge is 2.42. The van der Waals surface area contributed by atoms with Crippen molar-refractivity contribution in [2.45, 2.75) is 81.9 Å². The summed E-state index contributed by atoms with van der Waals surface area (Å²) < 4.78 is 11.5. The molecule has 1 atom stereocenters. The predicted molar refractivity (Wildman–Crippen MR) is 98.8 cm³/mol. The summed E-state index contributed by atoms with van der Waals surface area (Å²) in [6.07, 6.45) is 13.7. The highest BCUT2D eigenvalue weighted by molar-refractivity contribution is 5.80. The summed E-state index contributed by atoms with van der Waals surface area (Å²) in [4.78, 5) is 4.84. The van der Waals surface area contributed by atoms with Crippen LogP contribution in [0.4, 0.5) is 0 Å². The maximum absolute atomic E-state index is 6.06. The first-order valence-electron chi connectivity index (χ1n) is 10.1. The van der Waals surface area contributed by atoms with Gasteiger partial charge in [-0.1, -0.05) is 12.8 Å². The molecule has 5 heteroatoms. The Morgan fingerprint density at radius 2 is 1.96 bits per heavy atom. The minimum atomic E-state index is 0.169. The van der Waals surface area contributed by atoms with Crippen LogP contribution >= 0.6 is 0 Å². The fourth-order valence-electron chi connectivity index (χ4n) is 4.39. The molecular weight excluding hydrogens is 314 g/mol. The third-order valence-corrected chi connectivity index (χ3v) is 6.00. The molecular formula is C20H31N3O2. The Hall–Kier alpha value is -1.49. The van der Waals surface area contributed by atoms with Crippen LogP contribution in [0.1, 0.15) is 63.5 Å². The zero-order valence-electron chi connectivity index (χ0n) is 15.1. The normalized spacial score (nSPS) is 26.6. The molecule has 2 aliphatic carbocycles. The standard InChI is InChI=1S/C20H31N3O2/c1-2-6-16(5-1)22-19(21-12-8-18-7-3-13-24-18)23-17-9-14-25-20(15-17)10-4-11-20/h3,7,13,16-17H,1-2,4-6,8-12,14-15H2,(H2,21,22,23). The topological polar surface area (TPSA) is 58.8 Å². The smallest absolute Gasteiger partial charge is 0.191 e. The van der Waals surface area contributed by atoms with E-state index in [0.717, 1.165) is 44.1 Å². The molecule has 3 fully saturated rings. The fourth-order valence-corrected chi connectivity index (χ4v) is 4.39. The molecule has 2 N–H and O–H groups in total. The second kappa shape index (κ2) is 7.81. The second-order valence-electron chi connectivity index (χ2n) is 7.90. The van der Waals surface area contributed by atoms with E-state index >= 15 is 0 Å². The van der Waals surface area contributed by atoms with Gasteiger partial charge in [0.2, 0.25) is 0 Å². The van der Waals surface area contributed by atoms with E-state index in [-0.39, 0.29) is 5.60 Å². The summed E-state index contributed by atoms with van der Waals surface area (Å²) in [6.45, 7) is 1.63. The van der Waals surface area contributed by atoms with Crippen LogP contribution in [-0.2, 0) is 11.2 Å². The molecule has 1 aromatic heterocycles. The molecule has 0 aromatic carbocycles. The quantitative estimate of drug-likeness (QED) is 0.634. The van der Waals surface area contributed by atoms with Crippen LogP contribution in [0.15, 0.2) is 27.8 Å². The van der Waals surface area contributed by atoms with Crippen molar-refractivity contribution in [2.75, 3.05) is 13.2 Å². The summed E-state index contributed by atoms with van der Waals surface area (Å²) in [5.41, 5.74) is 0.169. The maximum atomic E-state index is 6.06. The number of nitrogens with zero attached hydrogens (tertiary/aromatic N) is 1. The average molecular weight is 345 g/mol. The Labute approximate surface area is 150 Å². The molecule has 138 valence electrons. The number of hydrogen-bond acceptors (Lipinski definition) is 3. The minimum absolute atomic E-state index is 0.169. The molecule has 25 heavy (non-hydrogen) atoms. The molecule has 1 unspecified atom stereocenters. The number of aliphatic imine (C=N–C) groups is 1. The highest BCUT2D eigenvalue weighted by atomic mass is 16.5. The van der Waals surface area contributed by atoms with E-state index in [1.807, 2.05) is 12.1 Å². The van der Waals surface area contributed by atoms with Gasteiger partial charge in [-0.3, -0.25) is 4.99 Å². The number of hydrogen-bond donors (Lipinski definition) is 2. The predicted octanol–water partition coefficient (Wildman–Crippen LogP) is 3.40. The largest absolute Gasteiger partial charge is 0.469 e. The SMILES string of the molecule is c1coc(CCN=C(NC2CCCC2)NC2CCOC3(CCC3)C2)c1. The lowest BCUT2D eigenvalue weighted by atomic mass is 9.74. The Kier molecular flexibility index (Phi) is 5.30. The number of guanidine groups is 1. The zero-order chi connectivity index (χ0) is 17.0. The molecule has 0 bridgehead atoms. The van der Waals surface area contributed by atoms with Crippen LogP contribution in [0, 0.1) is 0 Å². The number of rotatable bonds is 5. The van der Waals surface area contributed by atoms with Gasteiger partial charge in [0.15, 0.2) is 5.96 Å². The van der Waals surface area contributed by atoms with E-state index in [1.54, 1.807) is 6.26 Å². The van der Waals surface area contributed by atoms with Crippen molar-refractivity contribution in [3.63, 3.8) is 0 Å². The summed E-state index contributed by atoms with van der Waals surface area (Å²) in [5.74, 6) is 1.99. The first kappa shape index (κ1) is 17.0. The van der Waals surface area contributed by atoms with Crippen LogP contribution < -0.4 is 10.6 Å². The number of nitrogens with one attached hydrogen (secondary N) is 2. The van der Waals surface area contributed by atoms with Crippen LogP contribution in [0.3, 0.4) is 0 Å². The summed E-state index contributed by atoms with van der Waals surface area (Å²) in [6, 6.07) is 5.01. The Morgan fingerprint density at radius 3 is 2.68 bits per heavy atom. The highest BCUT2D eigenvalue weighted by Crippen LogP contribution is 2.42. The van der Waals surface area contributed by atoms with Crippen molar-refractivity contribution in [1.82, 2.24) is 10.6 Å². The molecule has 5 nitrogen and oxygen atoms in total. The Balaban J connectivity index is 1.35. The van der Waals surface area contributed by atoms with Gasteiger partial charge >= 0.3 is 0 Å². The lowest BCUT2D eigenvalue weighted by Crippen LogP contribution is -2.54. The van der Waals surface area contributed by atoms with Gasteiger partial charge in [0.05, 0.1) is 11.9 Å². The van der Waals surface area contributed by atoms with Gasteiger partial charge in [-0.05, 0) is 57.1 Å². The Bertz CT molecular complexity index is 560. The summed E-state index contributed by atoms with van der Waals surface area (Å²) in [5, 5.41) is 7.39. The Morgan fingerprint density at radius 1 is 1.12 bits per heavy atom. The van der Waals surface area contributed by atoms with Crippen molar-refractivity contribution in [3.8, 4) is 0 Å². The van der Waals surface area contributed by atoms with Gasteiger partial charge in [-0.25, -0.2) is 0 Å². The van der Waals surface area contributed by atoms with Crippen LogP contribution in [0.25, 0.3) is 0 Å².